The number of hydrogen-bond donors (Lipinski definition) is 1. The molecule has 2 nitrogen and oxygen atoms in total. The first-order valence-electron chi connectivity index (χ1n) is 6.87. The van der Waals surface area contributed by atoms with E-state index in [1.165, 1.54) is 30.6 Å². The molecule has 1 aliphatic heterocycles. The second kappa shape index (κ2) is 4.34. The van der Waals surface area contributed by atoms with Crippen LogP contribution in [0.5, 0.6) is 0 Å². The fourth-order valence-corrected chi connectivity index (χ4v) is 3.20. The SMILES string of the molecule is CC(C1CC1)N1CC(CCN)c2ccccc21. The number of fused-ring (bicyclic) bond motifs is 1. The lowest BCUT2D eigenvalue weighted by Gasteiger charge is -2.27. The Balaban J connectivity index is 1.87. The summed E-state index contributed by atoms with van der Waals surface area (Å²) in [4.78, 5) is 2.62. The number of rotatable bonds is 4. The maximum absolute atomic E-state index is 5.74. The molecule has 2 unspecified atom stereocenters. The number of hydrogen-bond acceptors (Lipinski definition) is 2. The molecule has 1 fully saturated rings. The number of para-hydroxylation sites is 1. The van der Waals surface area contributed by atoms with Gasteiger partial charge in [0, 0.05) is 24.2 Å². The average molecular weight is 230 g/mol. The van der Waals surface area contributed by atoms with E-state index >= 15 is 0 Å². The molecule has 0 amide bonds. The Morgan fingerprint density at radius 1 is 1.35 bits per heavy atom. The third-order valence-electron chi connectivity index (χ3n) is 4.41. The van der Waals surface area contributed by atoms with Crippen LogP contribution in [0.15, 0.2) is 24.3 Å². The zero-order chi connectivity index (χ0) is 11.8. The quantitative estimate of drug-likeness (QED) is 0.861. The van der Waals surface area contributed by atoms with Crippen LogP contribution in [0.4, 0.5) is 5.69 Å². The lowest BCUT2D eigenvalue weighted by atomic mass is 9.98. The van der Waals surface area contributed by atoms with Crippen molar-refractivity contribution in [2.75, 3.05) is 18.0 Å². The molecule has 0 aromatic heterocycles. The van der Waals surface area contributed by atoms with Gasteiger partial charge >= 0.3 is 0 Å². The predicted molar refractivity (Wildman–Crippen MR) is 72.4 cm³/mol. The Hall–Kier alpha value is -1.02. The van der Waals surface area contributed by atoms with Crippen molar-refractivity contribution in [3.8, 4) is 0 Å². The summed E-state index contributed by atoms with van der Waals surface area (Å²) in [5, 5.41) is 0. The van der Waals surface area contributed by atoms with Crippen molar-refractivity contribution in [1.29, 1.82) is 0 Å². The molecule has 0 bridgehead atoms. The highest BCUT2D eigenvalue weighted by Gasteiger charge is 2.37. The fourth-order valence-electron chi connectivity index (χ4n) is 3.20. The molecule has 0 spiro atoms. The number of nitrogens with zero attached hydrogens (tertiary/aromatic N) is 1. The molecule has 1 aromatic carbocycles. The highest BCUT2D eigenvalue weighted by molar-refractivity contribution is 5.61. The highest BCUT2D eigenvalue weighted by Crippen LogP contribution is 2.44. The van der Waals surface area contributed by atoms with Gasteiger partial charge in [-0.1, -0.05) is 18.2 Å². The van der Waals surface area contributed by atoms with E-state index in [0.29, 0.717) is 12.0 Å². The van der Waals surface area contributed by atoms with E-state index in [2.05, 4.69) is 36.1 Å². The molecule has 2 N–H and O–H groups in total. The monoisotopic (exact) mass is 230 g/mol. The van der Waals surface area contributed by atoms with Crippen LogP contribution in [-0.4, -0.2) is 19.1 Å². The van der Waals surface area contributed by atoms with Gasteiger partial charge in [-0.2, -0.15) is 0 Å². The third-order valence-corrected chi connectivity index (χ3v) is 4.41. The van der Waals surface area contributed by atoms with E-state index in [1.54, 1.807) is 0 Å². The molecule has 17 heavy (non-hydrogen) atoms. The minimum atomic E-state index is 0.650. The van der Waals surface area contributed by atoms with Gasteiger partial charge in [0.05, 0.1) is 0 Å². The summed E-state index contributed by atoms with van der Waals surface area (Å²) in [7, 11) is 0. The molecule has 2 heteroatoms. The van der Waals surface area contributed by atoms with Crippen molar-refractivity contribution >= 4 is 5.69 Å². The molecule has 0 saturated heterocycles. The third kappa shape index (κ3) is 1.95. The smallest absolute Gasteiger partial charge is 0.0405 e. The molecule has 1 heterocycles. The Kier molecular flexibility index (Phi) is 2.83. The second-order valence-electron chi connectivity index (χ2n) is 5.56. The maximum atomic E-state index is 5.74. The molecule has 1 saturated carbocycles. The van der Waals surface area contributed by atoms with Crippen LogP contribution < -0.4 is 10.6 Å². The van der Waals surface area contributed by atoms with Gasteiger partial charge < -0.3 is 10.6 Å². The molecule has 2 aliphatic rings. The first-order valence-corrected chi connectivity index (χ1v) is 6.87. The summed E-state index contributed by atoms with van der Waals surface area (Å²) in [6, 6.07) is 9.60. The van der Waals surface area contributed by atoms with Crippen LogP contribution in [0, 0.1) is 5.92 Å². The van der Waals surface area contributed by atoms with Crippen LogP contribution >= 0.6 is 0 Å². The van der Waals surface area contributed by atoms with Crippen LogP contribution in [0.1, 0.15) is 37.7 Å². The Labute approximate surface area is 104 Å². The number of anilines is 1. The Morgan fingerprint density at radius 3 is 2.82 bits per heavy atom. The number of benzene rings is 1. The summed E-state index contributed by atoms with van der Waals surface area (Å²) >= 11 is 0. The molecule has 92 valence electrons. The zero-order valence-electron chi connectivity index (χ0n) is 10.6. The van der Waals surface area contributed by atoms with E-state index in [9.17, 15) is 0 Å². The molecular weight excluding hydrogens is 208 g/mol. The highest BCUT2D eigenvalue weighted by atomic mass is 15.2. The van der Waals surface area contributed by atoms with E-state index in [0.717, 1.165) is 18.9 Å². The summed E-state index contributed by atoms with van der Waals surface area (Å²) in [6.07, 6.45) is 3.95. The van der Waals surface area contributed by atoms with Crippen molar-refractivity contribution in [2.24, 2.45) is 11.7 Å². The average Bonchev–Trinajstić information content (AvgIpc) is 3.13. The molecule has 2 atom stereocenters. The normalized spacial score (nSPS) is 24.8. The van der Waals surface area contributed by atoms with Crippen molar-refractivity contribution in [3.63, 3.8) is 0 Å². The minimum absolute atomic E-state index is 0.650. The van der Waals surface area contributed by atoms with Crippen molar-refractivity contribution in [3.05, 3.63) is 29.8 Å². The Bertz CT molecular complexity index is 398. The van der Waals surface area contributed by atoms with E-state index in [1.807, 2.05) is 0 Å². The van der Waals surface area contributed by atoms with Gasteiger partial charge in [0.15, 0.2) is 0 Å². The van der Waals surface area contributed by atoms with E-state index < -0.39 is 0 Å². The van der Waals surface area contributed by atoms with Crippen molar-refractivity contribution in [2.45, 2.75) is 38.1 Å². The van der Waals surface area contributed by atoms with Crippen LogP contribution in [-0.2, 0) is 0 Å². The van der Waals surface area contributed by atoms with Crippen LogP contribution in [0.25, 0.3) is 0 Å². The van der Waals surface area contributed by atoms with Gasteiger partial charge in [-0.05, 0) is 50.3 Å². The largest absolute Gasteiger partial charge is 0.368 e. The van der Waals surface area contributed by atoms with Gasteiger partial charge in [0.2, 0.25) is 0 Å². The molecule has 1 aromatic rings. The van der Waals surface area contributed by atoms with Gasteiger partial charge in [-0.25, -0.2) is 0 Å². The fraction of sp³-hybridized carbons (Fsp3) is 0.600. The summed E-state index contributed by atoms with van der Waals surface area (Å²) < 4.78 is 0. The molecular formula is C15H22N2. The Morgan fingerprint density at radius 2 is 2.12 bits per heavy atom. The predicted octanol–water partition coefficient (Wildman–Crippen LogP) is 2.74. The van der Waals surface area contributed by atoms with E-state index in [4.69, 9.17) is 5.73 Å². The van der Waals surface area contributed by atoms with Crippen LogP contribution in [0.3, 0.4) is 0 Å². The lowest BCUT2D eigenvalue weighted by Crippen LogP contribution is -2.33. The summed E-state index contributed by atoms with van der Waals surface area (Å²) in [6.45, 7) is 4.36. The lowest BCUT2D eigenvalue weighted by molar-refractivity contribution is 0.551. The molecule has 3 rings (SSSR count). The second-order valence-corrected chi connectivity index (χ2v) is 5.56. The van der Waals surface area contributed by atoms with E-state index in [-0.39, 0.29) is 0 Å². The summed E-state index contributed by atoms with van der Waals surface area (Å²) in [5.41, 5.74) is 8.72. The first kappa shape index (κ1) is 11.1. The topological polar surface area (TPSA) is 29.3 Å². The molecule has 1 aliphatic carbocycles. The van der Waals surface area contributed by atoms with Gasteiger partial charge in [0.25, 0.3) is 0 Å². The van der Waals surface area contributed by atoms with Crippen LogP contribution in [0.2, 0.25) is 0 Å². The van der Waals surface area contributed by atoms with Gasteiger partial charge in [-0.15, -0.1) is 0 Å². The minimum Gasteiger partial charge on any atom is -0.368 e. The molecule has 0 radical (unpaired) electrons. The number of nitrogens with two attached hydrogens (primary N) is 1. The van der Waals surface area contributed by atoms with Gasteiger partial charge in [0.1, 0.15) is 0 Å². The standard InChI is InChI=1S/C15H22N2/c1-11(12-6-7-12)17-10-13(8-9-16)14-4-2-3-5-15(14)17/h2-5,11-13H,6-10,16H2,1H3. The summed E-state index contributed by atoms with van der Waals surface area (Å²) in [5.74, 6) is 1.58. The first-order chi connectivity index (χ1) is 8.31. The van der Waals surface area contributed by atoms with Crippen molar-refractivity contribution < 1.29 is 0 Å². The van der Waals surface area contributed by atoms with Gasteiger partial charge in [-0.3, -0.25) is 0 Å². The van der Waals surface area contributed by atoms with Crippen molar-refractivity contribution in [1.82, 2.24) is 0 Å². The maximum Gasteiger partial charge on any atom is 0.0405 e. The zero-order valence-corrected chi connectivity index (χ0v) is 10.6.